The molecule has 1 atom stereocenters. The number of amides is 2. The standard InChI is InChI=1S/C32H32ClN9O2/c1-20-29(40(4)19-35-20)21-6-9-25(10-7-21)38-30(43)27(39-31(44)28-12-13-36-41(28)5)15-23-14-22(8-11-26(23)33)24-16-37-42(17-24)32(2,3)18-34/h6-14,16-17,19,27H,15H2,1-5H3,(H,38,43)(H,39,44). The number of carbonyl (C=O) groups is 2. The van der Waals surface area contributed by atoms with Crippen molar-refractivity contribution >= 4 is 29.1 Å². The summed E-state index contributed by atoms with van der Waals surface area (Å²) in [5, 5.41) is 24.2. The number of aryl methyl sites for hydroxylation is 3. The third-order valence-corrected chi connectivity index (χ3v) is 7.82. The molecule has 3 aromatic heterocycles. The summed E-state index contributed by atoms with van der Waals surface area (Å²) in [5.74, 6) is -0.852. The average Bonchev–Trinajstić information content (AvgIpc) is 3.75. The molecule has 1 unspecified atom stereocenters. The molecule has 0 bridgehead atoms. The summed E-state index contributed by atoms with van der Waals surface area (Å²) in [5.41, 5.74) is 5.18. The molecule has 3 heterocycles. The lowest BCUT2D eigenvalue weighted by Gasteiger charge is -2.20. The van der Waals surface area contributed by atoms with Crippen LogP contribution in [-0.4, -0.2) is 47.0 Å². The van der Waals surface area contributed by atoms with E-state index >= 15 is 0 Å². The van der Waals surface area contributed by atoms with Crippen molar-refractivity contribution in [2.45, 2.75) is 38.8 Å². The Morgan fingerprint density at radius 1 is 1.05 bits per heavy atom. The first-order chi connectivity index (χ1) is 21.0. The number of nitrogens with zero attached hydrogens (tertiary/aromatic N) is 7. The zero-order valence-corrected chi connectivity index (χ0v) is 25.8. The monoisotopic (exact) mass is 609 g/mol. The highest BCUT2D eigenvalue weighted by Crippen LogP contribution is 2.28. The summed E-state index contributed by atoms with van der Waals surface area (Å²) in [6, 6.07) is 15.8. The predicted octanol–water partition coefficient (Wildman–Crippen LogP) is 4.88. The molecular weight excluding hydrogens is 578 g/mol. The molecule has 44 heavy (non-hydrogen) atoms. The van der Waals surface area contributed by atoms with E-state index in [0.717, 1.165) is 28.1 Å². The van der Waals surface area contributed by atoms with Crippen molar-refractivity contribution in [2.24, 2.45) is 14.1 Å². The lowest BCUT2D eigenvalue weighted by molar-refractivity contribution is -0.118. The van der Waals surface area contributed by atoms with Crippen molar-refractivity contribution in [3.05, 3.63) is 95.4 Å². The molecule has 2 amide bonds. The Hall–Kier alpha value is -5.21. The van der Waals surface area contributed by atoms with Gasteiger partial charge in [0.1, 0.15) is 17.3 Å². The summed E-state index contributed by atoms with van der Waals surface area (Å²) in [6.07, 6.45) is 6.86. The van der Waals surface area contributed by atoms with Gasteiger partial charge in [0.15, 0.2) is 0 Å². The van der Waals surface area contributed by atoms with Gasteiger partial charge in [0.25, 0.3) is 5.91 Å². The van der Waals surface area contributed by atoms with Crippen molar-refractivity contribution < 1.29 is 9.59 Å². The minimum Gasteiger partial charge on any atom is -0.339 e. The fourth-order valence-corrected chi connectivity index (χ4v) is 5.09. The van der Waals surface area contributed by atoms with Crippen LogP contribution in [0.2, 0.25) is 5.02 Å². The molecule has 5 aromatic rings. The van der Waals surface area contributed by atoms with E-state index in [-0.39, 0.29) is 6.42 Å². The zero-order chi connectivity index (χ0) is 31.6. The molecule has 0 radical (unpaired) electrons. The number of aromatic nitrogens is 6. The highest BCUT2D eigenvalue weighted by atomic mass is 35.5. The van der Waals surface area contributed by atoms with E-state index in [1.54, 1.807) is 56.4 Å². The van der Waals surface area contributed by atoms with E-state index in [0.29, 0.717) is 22.0 Å². The number of benzene rings is 2. The molecule has 0 aliphatic carbocycles. The molecule has 0 saturated carbocycles. The number of halogens is 1. The number of nitriles is 1. The quantitative estimate of drug-likeness (QED) is 0.244. The second-order valence-corrected chi connectivity index (χ2v) is 11.5. The van der Waals surface area contributed by atoms with E-state index < -0.39 is 23.4 Å². The van der Waals surface area contributed by atoms with Crippen LogP contribution < -0.4 is 10.6 Å². The molecule has 11 nitrogen and oxygen atoms in total. The molecule has 2 aromatic carbocycles. The number of nitrogens with one attached hydrogen (secondary N) is 2. The van der Waals surface area contributed by atoms with Crippen molar-refractivity contribution in [3.8, 4) is 28.5 Å². The zero-order valence-electron chi connectivity index (χ0n) is 25.0. The molecule has 0 aliphatic rings. The van der Waals surface area contributed by atoms with Crippen LogP contribution in [-0.2, 0) is 30.8 Å². The first-order valence-corrected chi connectivity index (χ1v) is 14.3. The maximum atomic E-state index is 13.7. The number of imidazole rings is 1. The van der Waals surface area contributed by atoms with Crippen LogP contribution in [0.15, 0.2) is 73.4 Å². The van der Waals surface area contributed by atoms with Crippen LogP contribution in [0.5, 0.6) is 0 Å². The van der Waals surface area contributed by atoms with E-state index in [1.165, 1.54) is 10.9 Å². The Morgan fingerprint density at radius 3 is 2.41 bits per heavy atom. The fourth-order valence-electron chi connectivity index (χ4n) is 4.90. The van der Waals surface area contributed by atoms with Crippen molar-refractivity contribution in [1.29, 1.82) is 5.26 Å². The second-order valence-electron chi connectivity index (χ2n) is 11.1. The van der Waals surface area contributed by atoms with Gasteiger partial charge >= 0.3 is 0 Å². The molecule has 5 rings (SSSR count). The minimum atomic E-state index is -0.968. The fraction of sp³-hybridized carbons (Fsp3) is 0.250. The lowest BCUT2D eigenvalue weighted by atomic mass is 10.00. The Balaban J connectivity index is 1.41. The molecule has 2 N–H and O–H groups in total. The van der Waals surface area contributed by atoms with Gasteiger partial charge in [0.2, 0.25) is 5.91 Å². The van der Waals surface area contributed by atoms with E-state index in [9.17, 15) is 14.9 Å². The van der Waals surface area contributed by atoms with Crippen LogP contribution in [0.25, 0.3) is 22.4 Å². The molecule has 12 heteroatoms. The molecule has 0 aliphatic heterocycles. The van der Waals surface area contributed by atoms with Gasteiger partial charge in [-0.2, -0.15) is 15.5 Å². The largest absolute Gasteiger partial charge is 0.339 e. The first kappa shape index (κ1) is 30.3. The summed E-state index contributed by atoms with van der Waals surface area (Å²) < 4.78 is 4.99. The van der Waals surface area contributed by atoms with Crippen LogP contribution in [0.4, 0.5) is 5.69 Å². The van der Waals surface area contributed by atoms with E-state index in [4.69, 9.17) is 11.6 Å². The van der Waals surface area contributed by atoms with Crippen molar-refractivity contribution in [1.82, 2.24) is 34.4 Å². The van der Waals surface area contributed by atoms with Crippen LogP contribution >= 0.6 is 11.6 Å². The van der Waals surface area contributed by atoms with Gasteiger partial charge in [-0.1, -0.05) is 29.8 Å². The Bertz CT molecular complexity index is 1860. The number of rotatable bonds is 9. The number of carbonyl (C=O) groups excluding carboxylic acids is 2. The van der Waals surface area contributed by atoms with Crippen molar-refractivity contribution in [2.75, 3.05) is 5.32 Å². The van der Waals surface area contributed by atoms with Gasteiger partial charge in [-0.15, -0.1) is 0 Å². The second kappa shape index (κ2) is 12.2. The molecule has 224 valence electrons. The third kappa shape index (κ3) is 6.26. The minimum absolute atomic E-state index is 0.117. The topological polar surface area (TPSA) is 135 Å². The Kier molecular flexibility index (Phi) is 8.38. The highest BCUT2D eigenvalue weighted by molar-refractivity contribution is 6.31. The van der Waals surface area contributed by atoms with Gasteiger partial charge in [-0.05, 0) is 62.2 Å². The number of anilines is 1. The predicted molar refractivity (Wildman–Crippen MR) is 168 cm³/mol. The van der Waals surface area contributed by atoms with Gasteiger partial charge in [-0.25, -0.2) is 4.98 Å². The number of hydrogen-bond donors (Lipinski definition) is 2. The van der Waals surface area contributed by atoms with Gasteiger partial charge < -0.3 is 15.2 Å². The van der Waals surface area contributed by atoms with Gasteiger partial charge in [0, 0.05) is 54.7 Å². The van der Waals surface area contributed by atoms with E-state index in [1.807, 2.05) is 54.9 Å². The third-order valence-electron chi connectivity index (χ3n) is 7.45. The van der Waals surface area contributed by atoms with Crippen molar-refractivity contribution in [3.63, 3.8) is 0 Å². The normalized spacial score (nSPS) is 12.0. The first-order valence-electron chi connectivity index (χ1n) is 13.9. The average molecular weight is 610 g/mol. The Morgan fingerprint density at radius 2 is 1.77 bits per heavy atom. The number of hydrogen-bond acceptors (Lipinski definition) is 6. The van der Waals surface area contributed by atoms with Crippen LogP contribution in [0.1, 0.15) is 35.6 Å². The van der Waals surface area contributed by atoms with Crippen LogP contribution in [0, 0.1) is 18.3 Å². The molecular formula is C32H32ClN9O2. The lowest BCUT2D eigenvalue weighted by Crippen LogP contribution is -2.45. The van der Waals surface area contributed by atoms with Gasteiger partial charge in [-0.3, -0.25) is 19.0 Å². The maximum Gasteiger partial charge on any atom is 0.270 e. The Labute approximate surface area is 260 Å². The molecule has 0 saturated heterocycles. The highest BCUT2D eigenvalue weighted by Gasteiger charge is 2.25. The summed E-state index contributed by atoms with van der Waals surface area (Å²) in [6.45, 7) is 5.50. The van der Waals surface area contributed by atoms with E-state index in [2.05, 4.69) is 31.9 Å². The molecule has 0 spiro atoms. The maximum absolute atomic E-state index is 13.7. The summed E-state index contributed by atoms with van der Waals surface area (Å²) in [4.78, 5) is 31.2. The van der Waals surface area contributed by atoms with Gasteiger partial charge in [0.05, 0.1) is 30.0 Å². The smallest absolute Gasteiger partial charge is 0.270 e. The summed E-state index contributed by atoms with van der Waals surface area (Å²) >= 11 is 6.62. The molecule has 0 fully saturated rings. The van der Waals surface area contributed by atoms with Crippen LogP contribution in [0.3, 0.4) is 0 Å². The SMILES string of the molecule is Cc1ncn(C)c1-c1ccc(NC(=O)C(Cc2cc(-c3cnn(C(C)(C)C#N)c3)ccc2Cl)NC(=O)c2ccnn2C)cc1. The summed E-state index contributed by atoms with van der Waals surface area (Å²) in [7, 11) is 3.59.